The summed E-state index contributed by atoms with van der Waals surface area (Å²) in [6.45, 7) is 2.27. The molecule has 0 amide bonds. The highest BCUT2D eigenvalue weighted by molar-refractivity contribution is 5.19. The van der Waals surface area contributed by atoms with Crippen molar-refractivity contribution in [3.63, 3.8) is 0 Å². The van der Waals surface area contributed by atoms with Crippen molar-refractivity contribution in [2.24, 2.45) is 0 Å². The summed E-state index contributed by atoms with van der Waals surface area (Å²) in [4.78, 5) is 0. The highest BCUT2D eigenvalue weighted by atomic mass is 15.0. The van der Waals surface area contributed by atoms with Crippen molar-refractivity contribution in [3.05, 3.63) is 35.9 Å². The topological polar surface area (TPSA) is 12.0 Å². The summed E-state index contributed by atoms with van der Waals surface area (Å²) < 4.78 is 0. The third-order valence-corrected chi connectivity index (χ3v) is 2.82. The molecule has 0 aromatic heterocycles. The monoisotopic (exact) mass is 175 g/mol. The molecule has 1 aromatic rings. The van der Waals surface area contributed by atoms with E-state index in [1.54, 1.807) is 0 Å². The van der Waals surface area contributed by atoms with Crippen LogP contribution in [-0.2, 0) is 0 Å². The van der Waals surface area contributed by atoms with Crippen LogP contribution >= 0.6 is 0 Å². The molecule has 0 aliphatic carbocycles. The minimum Gasteiger partial charge on any atom is -0.307 e. The summed E-state index contributed by atoms with van der Waals surface area (Å²) >= 11 is 0. The first-order chi connectivity index (χ1) is 6.36. The highest BCUT2D eigenvalue weighted by Gasteiger charge is 2.18. The second-order valence-corrected chi connectivity index (χ2v) is 3.96. The van der Waals surface area contributed by atoms with Gasteiger partial charge in [0.15, 0.2) is 0 Å². The summed E-state index contributed by atoms with van der Waals surface area (Å²) in [7, 11) is 0. The first kappa shape index (κ1) is 8.76. The van der Waals surface area contributed by atoms with Crippen LogP contribution < -0.4 is 5.32 Å². The largest absolute Gasteiger partial charge is 0.307 e. The van der Waals surface area contributed by atoms with Gasteiger partial charge in [0.05, 0.1) is 0 Å². The molecule has 2 atom stereocenters. The maximum absolute atomic E-state index is 3.63. The van der Waals surface area contributed by atoms with E-state index in [1.165, 1.54) is 24.8 Å². The molecule has 0 saturated carbocycles. The Morgan fingerprint density at radius 1 is 1.15 bits per heavy atom. The van der Waals surface area contributed by atoms with Crippen LogP contribution in [0.15, 0.2) is 30.3 Å². The van der Waals surface area contributed by atoms with Crippen LogP contribution in [0.2, 0.25) is 0 Å². The number of benzene rings is 1. The Balaban J connectivity index is 2.08. The summed E-state index contributed by atoms with van der Waals surface area (Å²) in [6.07, 6.45) is 3.96. The number of hydrogen-bond acceptors (Lipinski definition) is 1. The van der Waals surface area contributed by atoms with Crippen molar-refractivity contribution in [1.29, 1.82) is 0 Å². The van der Waals surface area contributed by atoms with Crippen molar-refractivity contribution in [2.75, 3.05) is 0 Å². The molecule has 1 heterocycles. The van der Waals surface area contributed by atoms with Gasteiger partial charge in [0.1, 0.15) is 0 Å². The smallest absolute Gasteiger partial charge is 0.0322 e. The fourth-order valence-electron chi connectivity index (χ4n) is 2.09. The van der Waals surface area contributed by atoms with Crippen molar-refractivity contribution in [1.82, 2.24) is 5.32 Å². The minimum absolute atomic E-state index is 0.588. The zero-order valence-electron chi connectivity index (χ0n) is 8.16. The summed E-state index contributed by atoms with van der Waals surface area (Å²) in [6, 6.07) is 12.0. The summed E-state index contributed by atoms with van der Waals surface area (Å²) in [5, 5.41) is 3.63. The molecule has 0 unspecified atom stereocenters. The maximum atomic E-state index is 3.63. The lowest BCUT2D eigenvalue weighted by Gasteiger charge is -2.29. The molecule has 2 rings (SSSR count). The molecule has 1 N–H and O–H groups in total. The lowest BCUT2D eigenvalue weighted by atomic mass is 9.94. The maximum Gasteiger partial charge on any atom is 0.0322 e. The third kappa shape index (κ3) is 2.10. The Bertz CT molecular complexity index is 255. The van der Waals surface area contributed by atoms with Crippen LogP contribution in [-0.4, -0.2) is 6.04 Å². The summed E-state index contributed by atoms with van der Waals surface area (Å²) in [5.41, 5.74) is 1.44. The molecular weight excluding hydrogens is 158 g/mol. The molecule has 1 nitrogen and oxygen atoms in total. The quantitative estimate of drug-likeness (QED) is 0.692. The van der Waals surface area contributed by atoms with Gasteiger partial charge in [-0.15, -0.1) is 0 Å². The van der Waals surface area contributed by atoms with Crippen LogP contribution in [0.3, 0.4) is 0 Å². The van der Waals surface area contributed by atoms with Gasteiger partial charge in [-0.3, -0.25) is 0 Å². The molecular formula is C12H17N. The lowest BCUT2D eigenvalue weighted by molar-refractivity contribution is 0.341. The Hall–Kier alpha value is -0.820. The van der Waals surface area contributed by atoms with Crippen LogP contribution in [0.5, 0.6) is 0 Å². The van der Waals surface area contributed by atoms with Crippen LogP contribution in [0.25, 0.3) is 0 Å². The van der Waals surface area contributed by atoms with Gasteiger partial charge in [-0.25, -0.2) is 0 Å². The van der Waals surface area contributed by atoms with Gasteiger partial charge in [0.25, 0.3) is 0 Å². The normalized spacial score (nSPS) is 28.7. The van der Waals surface area contributed by atoms with Crippen LogP contribution in [0.4, 0.5) is 0 Å². The zero-order valence-corrected chi connectivity index (χ0v) is 8.16. The van der Waals surface area contributed by atoms with Gasteiger partial charge in [0, 0.05) is 12.1 Å². The second kappa shape index (κ2) is 3.93. The molecule has 1 fully saturated rings. The number of piperidine rings is 1. The predicted molar refractivity (Wildman–Crippen MR) is 55.6 cm³/mol. The molecule has 0 bridgehead atoms. The van der Waals surface area contributed by atoms with E-state index in [1.807, 2.05) is 0 Å². The molecule has 70 valence electrons. The van der Waals surface area contributed by atoms with Gasteiger partial charge in [-0.2, -0.15) is 0 Å². The predicted octanol–water partition coefficient (Wildman–Crippen LogP) is 2.89. The Morgan fingerprint density at radius 2 is 1.92 bits per heavy atom. The lowest BCUT2D eigenvalue weighted by Crippen LogP contribution is -2.34. The zero-order chi connectivity index (χ0) is 9.10. The van der Waals surface area contributed by atoms with Gasteiger partial charge in [0.2, 0.25) is 0 Å². The molecule has 13 heavy (non-hydrogen) atoms. The number of rotatable bonds is 1. The minimum atomic E-state index is 0.588. The van der Waals surface area contributed by atoms with E-state index in [0.717, 1.165) is 0 Å². The average Bonchev–Trinajstić information content (AvgIpc) is 2.19. The SMILES string of the molecule is C[C@H]1CCC[C@@H](c2ccccc2)N1. The molecule has 1 aromatic carbocycles. The van der Waals surface area contributed by atoms with E-state index in [0.29, 0.717) is 12.1 Å². The fourth-order valence-corrected chi connectivity index (χ4v) is 2.09. The highest BCUT2D eigenvalue weighted by Crippen LogP contribution is 2.24. The first-order valence-corrected chi connectivity index (χ1v) is 5.17. The van der Waals surface area contributed by atoms with Crippen molar-refractivity contribution in [3.8, 4) is 0 Å². The second-order valence-electron chi connectivity index (χ2n) is 3.96. The van der Waals surface area contributed by atoms with Crippen LogP contribution in [0.1, 0.15) is 37.8 Å². The molecule has 1 saturated heterocycles. The van der Waals surface area contributed by atoms with Gasteiger partial charge in [-0.1, -0.05) is 36.8 Å². The third-order valence-electron chi connectivity index (χ3n) is 2.82. The van der Waals surface area contributed by atoms with Crippen LogP contribution in [0, 0.1) is 0 Å². The van der Waals surface area contributed by atoms with Crippen molar-refractivity contribution < 1.29 is 0 Å². The van der Waals surface area contributed by atoms with Gasteiger partial charge >= 0.3 is 0 Å². The average molecular weight is 175 g/mol. The van der Waals surface area contributed by atoms with Gasteiger partial charge in [-0.05, 0) is 25.3 Å². The number of hydrogen-bond donors (Lipinski definition) is 1. The molecule has 1 aliphatic heterocycles. The van der Waals surface area contributed by atoms with E-state index in [2.05, 4.69) is 42.6 Å². The van der Waals surface area contributed by atoms with E-state index >= 15 is 0 Å². The van der Waals surface area contributed by atoms with E-state index < -0.39 is 0 Å². The molecule has 0 spiro atoms. The van der Waals surface area contributed by atoms with Crippen molar-refractivity contribution >= 4 is 0 Å². The summed E-state index contributed by atoms with van der Waals surface area (Å²) in [5.74, 6) is 0. The van der Waals surface area contributed by atoms with Crippen molar-refractivity contribution in [2.45, 2.75) is 38.3 Å². The van der Waals surface area contributed by atoms with Gasteiger partial charge < -0.3 is 5.32 Å². The first-order valence-electron chi connectivity index (χ1n) is 5.17. The molecule has 1 heteroatoms. The Morgan fingerprint density at radius 3 is 2.62 bits per heavy atom. The van der Waals surface area contributed by atoms with E-state index in [4.69, 9.17) is 0 Å². The number of nitrogens with one attached hydrogen (secondary N) is 1. The van der Waals surface area contributed by atoms with E-state index in [-0.39, 0.29) is 0 Å². The molecule has 1 aliphatic rings. The standard InChI is InChI=1S/C12H17N/c1-10-6-5-9-12(13-10)11-7-3-2-4-8-11/h2-4,7-8,10,12-13H,5-6,9H2,1H3/t10-,12-/m0/s1. The van der Waals surface area contributed by atoms with E-state index in [9.17, 15) is 0 Å². The Kier molecular flexibility index (Phi) is 2.65. The Labute approximate surface area is 80.2 Å². The fraction of sp³-hybridized carbons (Fsp3) is 0.500. The molecule has 0 radical (unpaired) electrons.